The number of alkyl halides is 2. The van der Waals surface area contributed by atoms with Gasteiger partial charge in [-0.3, -0.25) is 4.79 Å². The molecule has 2 N–H and O–H groups in total. The van der Waals surface area contributed by atoms with E-state index in [1.165, 1.54) is 29.2 Å². The van der Waals surface area contributed by atoms with Gasteiger partial charge < -0.3 is 10.6 Å². The van der Waals surface area contributed by atoms with Crippen molar-refractivity contribution in [2.45, 2.75) is 44.2 Å². The highest BCUT2D eigenvalue weighted by atomic mass is 19.3. The molecule has 0 radical (unpaired) electrons. The fourth-order valence-corrected chi connectivity index (χ4v) is 2.71. The number of piperidine rings is 1. The number of likely N-dealkylation sites (tertiary alicyclic amines) is 1. The number of hydrogen-bond acceptors (Lipinski definition) is 2. The van der Waals surface area contributed by atoms with Crippen LogP contribution in [-0.2, 0) is 10.7 Å². The summed E-state index contributed by atoms with van der Waals surface area (Å²) in [5.74, 6) is -4.63. The summed E-state index contributed by atoms with van der Waals surface area (Å²) in [6, 6.07) is 6.63. The molecule has 1 aliphatic rings. The molecule has 1 fully saturated rings. The maximum absolute atomic E-state index is 14.3. The number of nitrogens with zero attached hydrogens (tertiary/aromatic N) is 1. The van der Waals surface area contributed by atoms with Crippen LogP contribution in [0.3, 0.4) is 0 Å². The van der Waals surface area contributed by atoms with Gasteiger partial charge >= 0.3 is 5.92 Å². The lowest BCUT2D eigenvalue weighted by molar-refractivity contribution is -0.163. The Morgan fingerprint density at radius 1 is 1.35 bits per heavy atom. The van der Waals surface area contributed by atoms with Crippen LogP contribution in [0.2, 0.25) is 0 Å². The summed E-state index contributed by atoms with van der Waals surface area (Å²) in [6.45, 7) is 2.12. The van der Waals surface area contributed by atoms with Gasteiger partial charge in [0.05, 0.1) is 0 Å². The Labute approximate surface area is 117 Å². The lowest BCUT2D eigenvalue weighted by Crippen LogP contribution is -2.55. The predicted octanol–water partition coefficient (Wildman–Crippen LogP) is 2.51. The molecule has 2 unspecified atom stereocenters. The largest absolute Gasteiger partial charge is 0.349 e. The van der Waals surface area contributed by atoms with Crippen molar-refractivity contribution < 1.29 is 13.6 Å². The molecular weight excluding hydrogens is 262 g/mol. The number of benzene rings is 1. The van der Waals surface area contributed by atoms with E-state index in [-0.39, 0.29) is 17.6 Å². The molecular formula is C15H20F2N2O. The van der Waals surface area contributed by atoms with Crippen molar-refractivity contribution >= 4 is 5.91 Å². The van der Waals surface area contributed by atoms with Gasteiger partial charge in [0.1, 0.15) is 0 Å². The van der Waals surface area contributed by atoms with Crippen molar-refractivity contribution in [2.75, 3.05) is 6.54 Å². The first-order chi connectivity index (χ1) is 9.44. The molecule has 1 aromatic rings. The maximum atomic E-state index is 14.3. The number of halogens is 2. The van der Waals surface area contributed by atoms with E-state index < -0.39 is 11.8 Å². The van der Waals surface area contributed by atoms with E-state index in [0.29, 0.717) is 13.0 Å². The van der Waals surface area contributed by atoms with Crippen LogP contribution in [-0.4, -0.2) is 29.4 Å². The van der Waals surface area contributed by atoms with Crippen molar-refractivity contribution in [3.63, 3.8) is 0 Å². The molecule has 0 saturated carbocycles. The van der Waals surface area contributed by atoms with Gasteiger partial charge in [-0.15, -0.1) is 0 Å². The Balaban J connectivity index is 2.24. The third kappa shape index (κ3) is 2.82. The van der Waals surface area contributed by atoms with Gasteiger partial charge in [0.2, 0.25) is 0 Å². The number of carbonyl (C=O) groups is 1. The summed E-state index contributed by atoms with van der Waals surface area (Å²) < 4.78 is 28.7. The van der Waals surface area contributed by atoms with E-state index in [2.05, 4.69) is 0 Å². The molecule has 2 rings (SSSR count). The predicted molar refractivity (Wildman–Crippen MR) is 73.3 cm³/mol. The Morgan fingerprint density at radius 3 is 2.60 bits per heavy atom. The average molecular weight is 282 g/mol. The first-order valence-corrected chi connectivity index (χ1v) is 6.94. The highest BCUT2D eigenvalue weighted by molar-refractivity contribution is 5.85. The molecule has 1 heterocycles. The van der Waals surface area contributed by atoms with E-state index in [1.807, 2.05) is 0 Å². The van der Waals surface area contributed by atoms with E-state index in [0.717, 1.165) is 12.8 Å². The molecule has 0 bridgehead atoms. The summed E-state index contributed by atoms with van der Waals surface area (Å²) in [5, 5.41) is 0. The highest BCUT2D eigenvalue weighted by Crippen LogP contribution is 2.33. The molecule has 1 amide bonds. The monoisotopic (exact) mass is 282 g/mol. The van der Waals surface area contributed by atoms with Crippen LogP contribution in [0.25, 0.3) is 0 Å². The lowest BCUT2D eigenvalue weighted by Gasteiger charge is -2.39. The minimum absolute atomic E-state index is 0.265. The third-order valence-corrected chi connectivity index (χ3v) is 3.82. The van der Waals surface area contributed by atoms with Crippen molar-refractivity contribution in [1.82, 2.24) is 4.90 Å². The first kappa shape index (κ1) is 14.9. The lowest BCUT2D eigenvalue weighted by atomic mass is 9.95. The zero-order valence-corrected chi connectivity index (χ0v) is 11.6. The van der Waals surface area contributed by atoms with Gasteiger partial charge in [-0.05, 0) is 26.2 Å². The fourth-order valence-electron chi connectivity index (χ4n) is 2.71. The molecule has 0 aliphatic carbocycles. The number of nitrogens with two attached hydrogens (primary N) is 1. The summed E-state index contributed by atoms with van der Waals surface area (Å²) in [4.78, 5) is 13.5. The molecule has 1 saturated heterocycles. The Hall–Kier alpha value is -1.49. The minimum Gasteiger partial charge on any atom is -0.333 e. The van der Waals surface area contributed by atoms with Gasteiger partial charge in [0.15, 0.2) is 0 Å². The Morgan fingerprint density at radius 2 is 2.00 bits per heavy atom. The van der Waals surface area contributed by atoms with Crippen LogP contribution in [0, 0.1) is 0 Å². The van der Waals surface area contributed by atoms with Crippen LogP contribution >= 0.6 is 0 Å². The fraction of sp³-hybridized carbons (Fsp3) is 0.533. The van der Waals surface area contributed by atoms with Crippen molar-refractivity contribution in [2.24, 2.45) is 5.73 Å². The molecule has 110 valence electrons. The number of amides is 1. The van der Waals surface area contributed by atoms with Crippen molar-refractivity contribution in [3.8, 4) is 0 Å². The van der Waals surface area contributed by atoms with Gasteiger partial charge in [0.25, 0.3) is 5.91 Å². The Kier molecular flexibility index (Phi) is 4.38. The zero-order chi connectivity index (χ0) is 14.8. The molecule has 1 aromatic carbocycles. The summed E-state index contributed by atoms with van der Waals surface area (Å²) in [6.07, 6.45) is 2.36. The van der Waals surface area contributed by atoms with Crippen molar-refractivity contribution in [1.29, 1.82) is 0 Å². The quantitative estimate of drug-likeness (QED) is 0.926. The number of rotatable bonds is 3. The molecule has 0 aromatic heterocycles. The van der Waals surface area contributed by atoms with Gasteiger partial charge in [0, 0.05) is 24.2 Å². The minimum atomic E-state index is -3.49. The van der Waals surface area contributed by atoms with E-state index in [1.54, 1.807) is 13.0 Å². The summed E-state index contributed by atoms with van der Waals surface area (Å²) >= 11 is 0. The topological polar surface area (TPSA) is 46.3 Å². The van der Waals surface area contributed by atoms with Gasteiger partial charge in [-0.25, -0.2) is 0 Å². The first-order valence-electron chi connectivity index (χ1n) is 6.94. The second-order valence-corrected chi connectivity index (χ2v) is 5.36. The smallest absolute Gasteiger partial charge is 0.333 e. The molecule has 0 spiro atoms. The van der Waals surface area contributed by atoms with E-state index >= 15 is 0 Å². The van der Waals surface area contributed by atoms with Crippen LogP contribution < -0.4 is 5.73 Å². The number of carbonyl (C=O) groups excluding carboxylic acids is 1. The molecule has 3 nitrogen and oxygen atoms in total. The van der Waals surface area contributed by atoms with Crippen LogP contribution in [0.1, 0.15) is 31.7 Å². The number of hydrogen-bond donors (Lipinski definition) is 1. The Bertz CT molecular complexity index is 462. The van der Waals surface area contributed by atoms with Crippen LogP contribution in [0.4, 0.5) is 8.78 Å². The summed E-state index contributed by atoms with van der Waals surface area (Å²) in [7, 11) is 0. The van der Waals surface area contributed by atoms with Crippen LogP contribution in [0.5, 0.6) is 0 Å². The summed E-state index contributed by atoms with van der Waals surface area (Å²) in [5.41, 5.74) is 5.57. The third-order valence-electron chi connectivity index (χ3n) is 3.82. The molecule has 5 heteroatoms. The zero-order valence-electron chi connectivity index (χ0n) is 11.6. The average Bonchev–Trinajstić information content (AvgIpc) is 2.47. The maximum Gasteiger partial charge on any atom is 0.349 e. The van der Waals surface area contributed by atoms with Crippen molar-refractivity contribution in [3.05, 3.63) is 35.9 Å². The van der Waals surface area contributed by atoms with Gasteiger partial charge in [-0.1, -0.05) is 30.3 Å². The normalized spacial score (nSPS) is 21.6. The second kappa shape index (κ2) is 5.87. The standard InChI is InChI=1S/C15H20F2N2O/c1-11(18)13-9-5-6-10-19(13)14(20)15(16,17)12-7-3-2-4-8-12/h2-4,7-8,11,13H,5-6,9-10,18H2,1H3. The molecule has 2 atom stereocenters. The van der Waals surface area contributed by atoms with Gasteiger partial charge in [-0.2, -0.15) is 8.78 Å². The van der Waals surface area contributed by atoms with Crippen LogP contribution in [0.15, 0.2) is 30.3 Å². The molecule has 1 aliphatic heterocycles. The molecule has 20 heavy (non-hydrogen) atoms. The van der Waals surface area contributed by atoms with E-state index in [9.17, 15) is 13.6 Å². The highest BCUT2D eigenvalue weighted by Gasteiger charge is 2.46. The van der Waals surface area contributed by atoms with E-state index in [4.69, 9.17) is 5.73 Å². The second-order valence-electron chi connectivity index (χ2n) is 5.36. The SMILES string of the molecule is CC(N)C1CCCCN1C(=O)C(F)(F)c1ccccc1.